The molecule has 2 aliphatic rings. The minimum Gasteiger partial charge on any atom is -0.306 e. The summed E-state index contributed by atoms with van der Waals surface area (Å²) in [6.07, 6.45) is 13.0. The molecule has 1 unspecified atom stereocenters. The van der Waals surface area contributed by atoms with Crippen LogP contribution in [0.4, 0.5) is 0 Å². The van der Waals surface area contributed by atoms with Crippen molar-refractivity contribution in [1.29, 1.82) is 0 Å². The van der Waals surface area contributed by atoms with Crippen molar-refractivity contribution >= 4 is 0 Å². The van der Waals surface area contributed by atoms with Gasteiger partial charge in [-0.1, -0.05) is 26.0 Å². The number of nitrogens with zero attached hydrogens (tertiary/aromatic N) is 3. The van der Waals surface area contributed by atoms with Crippen LogP contribution in [0.5, 0.6) is 0 Å². The van der Waals surface area contributed by atoms with Crippen LogP contribution < -0.4 is 0 Å². The molecule has 2 aliphatic heterocycles. The first-order valence-electron chi connectivity index (χ1n) is 10.4. The van der Waals surface area contributed by atoms with E-state index in [1.807, 2.05) is 0 Å². The average Bonchev–Trinajstić information content (AvgIpc) is 2.57. The van der Waals surface area contributed by atoms with Crippen LogP contribution in [0.3, 0.4) is 0 Å². The maximum Gasteiger partial charge on any atom is 0.0120 e. The van der Waals surface area contributed by atoms with Crippen LogP contribution in [0.15, 0.2) is 12.2 Å². The summed E-state index contributed by atoms with van der Waals surface area (Å²) in [6, 6.07) is 0.811. The highest BCUT2D eigenvalue weighted by atomic mass is 15.2. The normalized spacial score (nSPS) is 24.2. The Morgan fingerprint density at radius 2 is 1.58 bits per heavy atom. The molecule has 0 bridgehead atoms. The molecule has 0 N–H and O–H groups in total. The van der Waals surface area contributed by atoms with Gasteiger partial charge in [0.25, 0.3) is 0 Å². The van der Waals surface area contributed by atoms with Crippen LogP contribution in [0.25, 0.3) is 0 Å². The van der Waals surface area contributed by atoms with E-state index in [1.165, 1.54) is 77.8 Å². The summed E-state index contributed by atoms with van der Waals surface area (Å²) in [5.41, 5.74) is 0. The van der Waals surface area contributed by atoms with Crippen molar-refractivity contribution in [2.45, 2.75) is 58.4 Å². The zero-order valence-corrected chi connectivity index (χ0v) is 16.7. The minimum atomic E-state index is 0.683. The van der Waals surface area contributed by atoms with E-state index in [1.54, 1.807) is 0 Å². The van der Waals surface area contributed by atoms with E-state index in [4.69, 9.17) is 0 Å². The Morgan fingerprint density at radius 1 is 1.00 bits per heavy atom. The number of likely N-dealkylation sites (tertiary alicyclic amines) is 2. The fourth-order valence-electron chi connectivity index (χ4n) is 4.30. The summed E-state index contributed by atoms with van der Waals surface area (Å²) in [5, 5.41) is 0. The first-order chi connectivity index (χ1) is 11.6. The second-order valence-electron chi connectivity index (χ2n) is 8.42. The highest BCUT2D eigenvalue weighted by molar-refractivity contribution is 4.91. The molecule has 24 heavy (non-hydrogen) atoms. The molecule has 2 heterocycles. The summed E-state index contributed by atoms with van der Waals surface area (Å²) in [4.78, 5) is 7.72. The summed E-state index contributed by atoms with van der Waals surface area (Å²) >= 11 is 0. The van der Waals surface area contributed by atoms with E-state index in [0.29, 0.717) is 5.92 Å². The van der Waals surface area contributed by atoms with Gasteiger partial charge < -0.3 is 9.80 Å². The van der Waals surface area contributed by atoms with Gasteiger partial charge in [-0.25, -0.2) is 0 Å². The third-order valence-electron chi connectivity index (χ3n) is 6.01. The van der Waals surface area contributed by atoms with Crippen molar-refractivity contribution in [3.8, 4) is 0 Å². The van der Waals surface area contributed by atoms with Crippen LogP contribution in [0.2, 0.25) is 0 Å². The molecule has 0 saturated carbocycles. The smallest absolute Gasteiger partial charge is 0.0120 e. The predicted octanol–water partition coefficient (Wildman–Crippen LogP) is 3.72. The lowest BCUT2D eigenvalue weighted by Gasteiger charge is -2.38. The maximum atomic E-state index is 2.78. The first-order valence-corrected chi connectivity index (χ1v) is 10.4. The zero-order valence-electron chi connectivity index (χ0n) is 16.7. The van der Waals surface area contributed by atoms with Crippen LogP contribution in [0, 0.1) is 11.8 Å². The van der Waals surface area contributed by atoms with E-state index in [9.17, 15) is 0 Å². The first kappa shape index (κ1) is 19.9. The quantitative estimate of drug-likeness (QED) is 0.626. The number of hydrogen-bond acceptors (Lipinski definition) is 3. The van der Waals surface area contributed by atoms with E-state index in [2.05, 4.69) is 54.8 Å². The number of rotatable bonds is 8. The summed E-state index contributed by atoms with van der Waals surface area (Å²) in [5.74, 6) is 1.60. The molecule has 2 fully saturated rings. The maximum absolute atomic E-state index is 2.78. The molecule has 3 heteroatoms. The minimum absolute atomic E-state index is 0.683. The van der Waals surface area contributed by atoms with Crippen molar-refractivity contribution in [2.75, 3.05) is 53.4 Å². The van der Waals surface area contributed by atoms with Gasteiger partial charge in [0.1, 0.15) is 0 Å². The Balaban J connectivity index is 1.73. The summed E-state index contributed by atoms with van der Waals surface area (Å²) < 4.78 is 0. The Hall–Kier alpha value is -0.380. The number of allylic oxidation sites excluding steroid dienone is 1. The molecule has 2 rings (SSSR count). The average molecular weight is 336 g/mol. The molecular weight excluding hydrogens is 294 g/mol. The number of hydrogen-bond donors (Lipinski definition) is 0. The number of piperidine rings is 2. The summed E-state index contributed by atoms with van der Waals surface area (Å²) in [7, 11) is 4.51. The van der Waals surface area contributed by atoms with Gasteiger partial charge in [-0.15, -0.1) is 0 Å². The van der Waals surface area contributed by atoms with Crippen LogP contribution in [0.1, 0.15) is 52.4 Å². The zero-order chi connectivity index (χ0) is 17.4. The Labute approximate surface area is 151 Å². The van der Waals surface area contributed by atoms with Crippen molar-refractivity contribution in [3.05, 3.63) is 12.2 Å². The van der Waals surface area contributed by atoms with Crippen LogP contribution in [-0.2, 0) is 0 Å². The molecular formula is C21H41N3. The second-order valence-corrected chi connectivity index (χ2v) is 8.42. The standard InChI is InChI=1S/C21H41N3/c1-5-13-24(21-11-16-23(4)17-12-21)18-19(2)7-6-8-20-9-14-22(3)15-10-20/h6-7,19-21H,5,8-18H2,1-4H3/b7-6+. The second kappa shape index (κ2) is 10.6. The van der Waals surface area contributed by atoms with Crippen molar-refractivity contribution in [1.82, 2.24) is 14.7 Å². The fourth-order valence-corrected chi connectivity index (χ4v) is 4.30. The van der Waals surface area contributed by atoms with Gasteiger partial charge in [-0.3, -0.25) is 4.90 Å². The lowest BCUT2D eigenvalue weighted by atomic mass is 9.93. The van der Waals surface area contributed by atoms with Gasteiger partial charge in [0.2, 0.25) is 0 Å². The molecule has 2 saturated heterocycles. The molecule has 0 aromatic rings. The van der Waals surface area contributed by atoms with Gasteiger partial charge in [0.05, 0.1) is 0 Å². The topological polar surface area (TPSA) is 9.72 Å². The van der Waals surface area contributed by atoms with Crippen molar-refractivity contribution < 1.29 is 0 Å². The lowest BCUT2D eigenvalue weighted by Crippen LogP contribution is -2.45. The third kappa shape index (κ3) is 6.85. The molecule has 0 radical (unpaired) electrons. The third-order valence-corrected chi connectivity index (χ3v) is 6.01. The van der Waals surface area contributed by atoms with E-state index in [0.717, 1.165) is 12.0 Å². The molecule has 1 atom stereocenters. The van der Waals surface area contributed by atoms with Gasteiger partial charge in [-0.2, -0.15) is 0 Å². The lowest BCUT2D eigenvalue weighted by molar-refractivity contribution is 0.113. The molecule has 0 aromatic heterocycles. The van der Waals surface area contributed by atoms with Crippen LogP contribution in [-0.4, -0.2) is 74.1 Å². The predicted molar refractivity (Wildman–Crippen MR) is 106 cm³/mol. The van der Waals surface area contributed by atoms with Gasteiger partial charge in [0, 0.05) is 12.6 Å². The summed E-state index contributed by atoms with van der Waals surface area (Å²) in [6.45, 7) is 12.3. The Morgan fingerprint density at radius 3 is 2.17 bits per heavy atom. The largest absolute Gasteiger partial charge is 0.306 e. The molecule has 0 spiro atoms. The van der Waals surface area contributed by atoms with Gasteiger partial charge in [-0.05, 0) is 97.2 Å². The highest BCUT2D eigenvalue weighted by Crippen LogP contribution is 2.21. The van der Waals surface area contributed by atoms with E-state index >= 15 is 0 Å². The molecule has 0 amide bonds. The SMILES string of the molecule is CCCN(CC(C)/C=C/CC1CCN(C)CC1)C1CCN(C)CC1. The highest BCUT2D eigenvalue weighted by Gasteiger charge is 2.23. The molecule has 0 aliphatic carbocycles. The molecule has 140 valence electrons. The Bertz CT molecular complexity index is 352. The van der Waals surface area contributed by atoms with Crippen molar-refractivity contribution in [3.63, 3.8) is 0 Å². The fraction of sp³-hybridized carbons (Fsp3) is 0.905. The van der Waals surface area contributed by atoms with Crippen LogP contribution >= 0.6 is 0 Å². The molecule has 3 nitrogen and oxygen atoms in total. The monoisotopic (exact) mass is 335 g/mol. The molecule has 0 aromatic carbocycles. The van der Waals surface area contributed by atoms with E-state index < -0.39 is 0 Å². The Kier molecular flexibility index (Phi) is 8.79. The van der Waals surface area contributed by atoms with Crippen molar-refractivity contribution in [2.24, 2.45) is 11.8 Å². The van der Waals surface area contributed by atoms with Gasteiger partial charge in [0.15, 0.2) is 0 Å². The van der Waals surface area contributed by atoms with Gasteiger partial charge >= 0.3 is 0 Å². The van der Waals surface area contributed by atoms with E-state index in [-0.39, 0.29) is 0 Å².